The first-order chi connectivity index (χ1) is 9.58. The first-order valence-electron chi connectivity index (χ1n) is 6.33. The third-order valence-electron chi connectivity index (χ3n) is 3.06. The molecule has 0 saturated heterocycles. The van der Waals surface area contributed by atoms with Gasteiger partial charge in [-0.1, -0.05) is 42.5 Å². The molecule has 0 aliphatic rings. The second-order valence-electron chi connectivity index (χ2n) is 4.61. The molecule has 0 heterocycles. The van der Waals surface area contributed by atoms with Gasteiger partial charge in [0.2, 0.25) is 0 Å². The van der Waals surface area contributed by atoms with Crippen LogP contribution < -0.4 is 5.32 Å². The lowest BCUT2D eigenvalue weighted by molar-refractivity contribution is -0.129. The summed E-state index contributed by atoms with van der Waals surface area (Å²) in [6.45, 7) is 1.93. The molecular formula is C16H16FNO2. The number of amides is 1. The number of benzene rings is 2. The van der Waals surface area contributed by atoms with Crippen LogP contribution >= 0.6 is 0 Å². The Morgan fingerprint density at radius 1 is 1.25 bits per heavy atom. The van der Waals surface area contributed by atoms with Crippen molar-refractivity contribution >= 4 is 5.91 Å². The fourth-order valence-electron chi connectivity index (χ4n) is 1.87. The average molecular weight is 273 g/mol. The fourth-order valence-corrected chi connectivity index (χ4v) is 1.87. The topological polar surface area (TPSA) is 49.3 Å². The van der Waals surface area contributed by atoms with Crippen LogP contribution in [0.5, 0.6) is 0 Å². The van der Waals surface area contributed by atoms with E-state index in [9.17, 15) is 14.3 Å². The minimum absolute atomic E-state index is 0.344. The van der Waals surface area contributed by atoms with Gasteiger partial charge in [0.05, 0.1) is 0 Å². The molecule has 2 rings (SSSR count). The van der Waals surface area contributed by atoms with Gasteiger partial charge in [0.25, 0.3) is 5.91 Å². The molecule has 2 N–H and O–H groups in total. The molecule has 2 aromatic rings. The van der Waals surface area contributed by atoms with Gasteiger partial charge in [-0.05, 0) is 29.7 Å². The van der Waals surface area contributed by atoms with E-state index in [-0.39, 0.29) is 5.82 Å². The maximum atomic E-state index is 13.2. The number of rotatable bonds is 4. The van der Waals surface area contributed by atoms with Crippen LogP contribution in [0.15, 0.2) is 48.5 Å². The highest BCUT2D eigenvalue weighted by Crippen LogP contribution is 2.17. The summed E-state index contributed by atoms with van der Waals surface area (Å²) in [5.74, 6) is -0.856. The average Bonchev–Trinajstić information content (AvgIpc) is 2.48. The van der Waals surface area contributed by atoms with Gasteiger partial charge in [-0.2, -0.15) is 0 Å². The van der Waals surface area contributed by atoms with E-state index < -0.39 is 12.0 Å². The molecule has 4 heteroatoms. The van der Waals surface area contributed by atoms with Crippen molar-refractivity contribution in [3.63, 3.8) is 0 Å². The van der Waals surface area contributed by atoms with Crippen LogP contribution in [0.2, 0.25) is 0 Å². The van der Waals surface area contributed by atoms with Crippen molar-refractivity contribution in [2.75, 3.05) is 0 Å². The van der Waals surface area contributed by atoms with Crippen molar-refractivity contribution in [2.45, 2.75) is 19.6 Å². The van der Waals surface area contributed by atoms with Crippen LogP contribution in [-0.2, 0) is 11.3 Å². The van der Waals surface area contributed by atoms with Crippen molar-refractivity contribution in [3.05, 3.63) is 71.0 Å². The van der Waals surface area contributed by atoms with E-state index in [4.69, 9.17) is 0 Å². The predicted octanol–water partition coefficient (Wildman–Crippen LogP) is 2.48. The molecule has 0 spiro atoms. The molecule has 1 unspecified atom stereocenters. The smallest absolute Gasteiger partial charge is 0.253 e. The van der Waals surface area contributed by atoms with E-state index in [0.29, 0.717) is 17.7 Å². The lowest BCUT2D eigenvalue weighted by Crippen LogP contribution is -2.28. The highest BCUT2D eigenvalue weighted by molar-refractivity contribution is 5.81. The van der Waals surface area contributed by atoms with Gasteiger partial charge < -0.3 is 10.4 Å². The monoisotopic (exact) mass is 273 g/mol. The van der Waals surface area contributed by atoms with Gasteiger partial charge in [0, 0.05) is 6.54 Å². The van der Waals surface area contributed by atoms with Gasteiger partial charge in [0.15, 0.2) is 6.10 Å². The van der Waals surface area contributed by atoms with Crippen molar-refractivity contribution in [2.24, 2.45) is 0 Å². The first-order valence-corrected chi connectivity index (χ1v) is 6.33. The molecular weight excluding hydrogens is 257 g/mol. The lowest BCUT2D eigenvalue weighted by atomic mass is 10.1. The number of halogens is 1. The van der Waals surface area contributed by atoms with Crippen LogP contribution in [0.4, 0.5) is 4.39 Å². The van der Waals surface area contributed by atoms with E-state index in [1.165, 1.54) is 18.2 Å². The third kappa shape index (κ3) is 3.42. The summed E-state index contributed by atoms with van der Waals surface area (Å²) < 4.78 is 13.2. The van der Waals surface area contributed by atoms with E-state index in [0.717, 1.165) is 5.56 Å². The quantitative estimate of drug-likeness (QED) is 0.899. The highest BCUT2D eigenvalue weighted by atomic mass is 19.1. The van der Waals surface area contributed by atoms with Crippen molar-refractivity contribution in [1.82, 2.24) is 5.32 Å². The van der Waals surface area contributed by atoms with Crippen molar-refractivity contribution in [1.29, 1.82) is 0 Å². The molecule has 0 aliphatic carbocycles. The van der Waals surface area contributed by atoms with Gasteiger partial charge in [-0.25, -0.2) is 4.39 Å². The molecule has 3 nitrogen and oxygen atoms in total. The number of aliphatic hydroxyl groups is 1. The zero-order valence-corrected chi connectivity index (χ0v) is 11.1. The minimum atomic E-state index is -1.29. The van der Waals surface area contributed by atoms with Crippen LogP contribution in [0, 0.1) is 12.7 Å². The van der Waals surface area contributed by atoms with Crippen LogP contribution in [0.3, 0.4) is 0 Å². The van der Waals surface area contributed by atoms with Crippen molar-refractivity contribution in [3.8, 4) is 0 Å². The Labute approximate surface area is 117 Å². The molecule has 104 valence electrons. The third-order valence-corrected chi connectivity index (χ3v) is 3.06. The maximum Gasteiger partial charge on any atom is 0.253 e. The summed E-state index contributed by atoms with van der Waals surface area (Å²) in [6, 6.07) is 13.5. The molecule has 0 aromatic heterocycles. The standard InChI is InChI=1S/C16H16FNO2/c1-11-9-13(7-8-14(11)17)15(19)16(20)18-10-12-5-3-2-4-6-12/h2-9,15,19H,10H2,1H3,(H,18,20). The SMILES string of the molecule is Cc1cc(C(O)C(=O)NCc2ccccc2)ccc1F. The first kappa shape index (κ1) is 14.2. The molecule has 0 radical (unpaired) electrons. The number of hydrogen-bond acceptors (Lipinski definition) is 2. The van der Waals surface area contributed by atoms with E-state index in [1.807, 2.05) is 30.3 Å². The number of carbonyl (C=O) groups excluding carboxylic acids is 1. The van der Waals surface area contributed by atoms with E-state index in [1.54, 1.807) is 6.92 Å². The number of hydrogen-bond donors (Lipinski definition) is 2. The summed E-state index contributed by atoms with van der Waals surface area (Å²) in [5, 5.41) is 12.6. The molecule has 20 heavy (non-hydrogen) atoms. The number of nitrogens with one attached hydrogen (secondary N) is 1. The normalized spacial score (nSPS) is 11.9. The second kappa shape index (κ2) is 6.30. The Kier molecular flexibility index (Phi) is 4.48. The molecule has 1 atom stereocenters. The summed E-state index contributed by atoms with van der Waals surface area (Å²) in [6.07, 6.45) is -1.29. The molecule has 2 aromatic carbocycles. The summed E-state index contributed by atoms with van der Waals surface area (Å²) in [5.41, 5.74) is 1.73. The Morgan fingerprint density at radius 2 is 1.95 bits per heavy atom. The second-order valence-corrected chi connectivity index (χ2v) is 4.61. The summed E-state index contributed by atoms with van der Waals surface area (Å²) >= 11 is 0. The van der Waals surface area contributed by atoms with Gasteiger partial charge in [0.1, 0.15) is 5.82 Å². The van der Waals surface area contributed by atoms with Crippen LogP contribution in [0.1, 0.15) is 22.8 Å². The Bertz CT molecular complexity index is 599. The Hall–Kier alpha value is -2.20. The van der Waals surface area contributed by atoms with Gasteiger partial charge >= 0.3 is 0 Å². The highest BCUT2D eigenvalue weighted by Gasteiger charge is 2.17. The zero-order valence-electron chi connectivity index (χ0n) is 11.1. The lowest BCUT2D eigenvalue weighted by Gasteiger charge is -2.12. The number of carbonyl (C=O) groups is 1. The molecule has 0 bridgehead atoms. The molecule has 0 fully saturated rings. The number of aryl methyl sites for hydroxylation is 1. The Morgan fingerprint density at radius 3 is 2.60 bits per heavy atom. The molecule has 0 saturated carbocycles. The van der Waals surface area contributed by atoms with Crippen molar-refractivity contribution < 1.29 is 14.3 Å². The molecule has 1 amide bonds. The van der Waals surface area contributed by atoms with Crippen LogP contribution in [0.25, 0.3) is 0 Å². The predicted molar refractivity (Wildman–Crippen MR) is 74.4 cm³/mol. The zero-order chi connectivity index (χ0) is 14.5. The Balaban J connectivity index is 1.99. The van der Waals surface area contributed by atoms with Gasteiger partial charge in [-0.3, -0.25) is 4.79 Å². The number of aliphatic hydroxyl groups excluding tert-OH is 1. The maximum absolute atomic E-state index is 13.2. The van der Waals surface area contributed by atoms with E-state index in [2.05, 4.69) is 5.32 Å². The fraction of sp³-hybridized carbons (Fsp3) is 0.188. The van der Waals surface area contributed by atoms with Gasteiger partial charge in [-0.15, -0.1) is 0 Å². The van der Waals surface area contributed by atoms with Crippen LogP contribution in [-0.4, -0.2) is 11.0 Å². The molecule has 0 aliphatic heterocycles. The minimum Gasteiger partial charge on any atom is -0.378 e. The summed E-state index contributed by atoms with van der Waals surface area (Å²) in [7, 11) is 0. The largest absolute Gasteiger partial charge is 0.378 e. The summed E-state index contributed by atoms with van der Waals surface area (Å²) in [4.78, 5) is 11.9. The van der Waals surface area contributed by atoms with E-state index >= 15 is 0 Å².